The van der Waals surface area contributed by atoms with Crippen LogP contribution in [0.5, 0.6) is 0 Å². The summed E-state index contributed by atoms with van der Waals surface area (Å²) < 4.78 is 4.52. The third kappa shape index (κ3) is 1.73. The van der Waals surface area contributed by atoms with E-state index in [1.54, 1.807) is 6.08 Å². The molecule has 0 radical (unpaired) electrons. The van der Waals surface area contributed by atoms with Crippen molar-refractivity contribution in [1.82, 2.24) is 0 Å². The van der Waals surface area contributed by atoms with Gasteiger partial charge in [0.25, 0.3) is 0 Å². The number of carbonyl (C=O) groups excluding carboxylic acids is 1. The molecule has 0 aliphatic carbocycles. The zero-order chi connectivity index (χ0) is 8.97. The molecule has 1 aliphatic rings. The van der Waals surface area contributed by atoms with Crippen molar-refractivity contribution < 1.29 is 9.53 Å². The minimum atomic E-state index is -0.400. The zero-order valence-corrected chi connectivity index (χ0v) is 7.05. The number of nitrogens with zero attached hydrogens (tertiary/aromatic N) is 1. The highest BCUT2D eigenvalue weighted by atomic mass is 16.5. The molecule has 1 aliphatic heterocycles. The lowest BCUT2D eigenvalue weighted by Gasteiger charge is -1.99. The first-order chi connectivity index (χ1) is 5.77. The number of ether oxygens (including phenoxy) is 1. The van der Waals surface area contributed by atoms with Gasteiger partial charge < -0.3 is 4.74 Å². The molecule has 0 aromatic rings. The van der Waals surface area contributed by atoms with Crippen LogP contribution in [-0.4, -0.2) is 18.9 Å². The molecule has 0 spiro atoms. The Bertz CT molecular complexity index is 326. The molecule has 3 heteroatoms. The van der Waals surface area contributed by atoms with Crippen molar-refractivity contribution in [3.8, 4) is 0 Å². The van der Waals surface area contributed by atoms with Crippen LogP contribution < -0.4 is 0 Å². The number of rotatable bonds is 2. The maximum atomic E-state index is 11.0. The van der Waals surface area contributed by atoms with E-state index in [-0.39, 0.29) is 0 Å². The first kappa shape index (κ1) is 8.54. The Morgan fingerprint density at radius 2 is 2.50 bits per heavy atom. The van der Waals surface area contributed by atoms with E-state index in [0.717, 1.165) is 12.1 Å². The van der Waals surface area contributed by atoms with Gasteiger partial charge in [-0.3, -0.25) is 0 Å². The Balaban J connectivity index is 2.94. The second kappa shape index (κ2) is 3.72. The molecule has 12 heavy (non-hydrogen) atoms. The lowest BCUT2D eigenvalue weighted by molar-refractivity contribution is -0.135. The average molecular weight is 163 g/mol. The molecule has 0 atom stereocenters. The van der Waals surface area contributed by atoms with E-state index >= 15 is 0 Å². The van der Waals surface area contributed by atoms with Crippen LogP contribution in [0.2, 0.25) is 0 Å². The van der Waals surface area contributed by atoms with Crippen LogP contribution in [0.1, 0.15) is 13.3 Å². The second-order valence-electron chi connectivity index (χ2n) is 2.24. The lowest BCUT2D eigenvalue weighted by Crippen LogP contribution is -2.03. The minimum Gasteiger partial charge on any atom is -0.465 e. The van der Waals surface area contributed by atoms with E-state index in [0.29, 0.717) is 5.57 Å². The third-order valence-electron chi connectivity index (χ3n) is 1.47. The molecule has 3 nitrogen and oxygen atoms in total. The van der Waals surface area contributed by atoms with Gasteiger partial charge in [0.05, 0.1) is 12.8 Å². The number of methoxy groups -OCH3 is 1. The number of allylic oxidation sites excluding steroid dienone is 1. The van der Waals surface area contributed by atoms with Crippen molar-refractivity contribution in [2.24, 2.45) is 4.99 Å². The molecule has 0 unspecified atom stereocenters. The van der Waals surface area contributed by atoms with Gasteiger partial charge in [0.15, 0.2) is 0 Å². The Morgan fingerprint density at radius 3 is 3.08 bits per heavy atom. The summed E-state index contributed by atoms with van der Waals surface area (Å²) in [4.78, 5) is 14.9. The van der Waals surface area contributed by atoms with E-state index in [1.165, 1.54) is 7.11 Å². The smallest absolute Gasteiger partial charge is 0.346 e. The quantitative estimate of drug-likeness (QED) is 0.453. The van der Waals surface area contributed by atoms with E-state index in [1.807, 2.05) is 6.92 Å². The second-order valence-corrected chi connectivity index (χ2v) is 2.24. The molecule has 0 saturated carbocycles. The van der Waals surface area contributed by atoms with Crippen LogP contribution >= 0.6 is 0 Å². The highest BCUT2D eigenvalue weighted by molar-refractivity contribution is 5.93. The SMILES string of the molecule is CCC1=CC(C(=O)OC)=C=C=N1. The summed E-state index contributed by atoms with van der Waals surface area (Å²) in [6, 6.07) is 0. The number of aliphatic imine (C=N–C) groups is 1. The Hall–Kier alpha value is -1.56. The summed E-state index contributed by atoms with van der Waals surface area (Å²) in [6.07, 6.45) is 2.43. The molecule has 0 N–H and O–H groups in total. The van der Waals surface area contributed by atoms with Gasteiger partial charge >= 0.3 is 5.97 Å². The van der Waals surface area contributed by atoms with Gasteiger partial charge in [-0.15, -0.1) is 0 Å². The van der Waals surface area contributed by atoms with Gasteiger partial charge in [-0.2, -0.15) is 0 Å². The fraction of sp³-hybridized carbons (Fsp3) is 0.333. The van der Waals surface area contributed by atoms with Crippen molar-refractivity contribution in [2.75, 3.05) is 7.11 Å². The van der Waals surface area contributed by atoms with E-state index < -0.39 is 5.97 Å². The first-order valence-corrected chi connectivity index (χ1v) is 3.65. The summed E-state index contributed by atoms with van der Waals surface area (Å²) in [5, 5.41) is 0. The van der Waals surface area contributed by atoms with E-state index in [9.17, 15) is 4.79 Å². The van der Waals surface area contributed by atoms with Crippen molar-refractivity contribution in [3.05, 3.63) is 23.1 Å². The number of carbonyl (C=O) groups is 1. The molecule has 62 valence electrons. The topological polar surface area (TPSA) is 38.7 Å². The van der Waals surface area contributed by atoms with Gasteiger partial charge in [-0.05, 0) is 18.2 Å². The maximum absolute atomic E-state index is 11.0. The van der Waals surface area contributed by atoms with Crippen LogP contribution in [0.3, 0.4) is 0 Å². The van der Waals surface area contributed by atoms with Gasteiger partial charge in [-0.25, -0.2) is 9.79 Å². The summed E-state index contributed by atoms with van der Waals surface area (Å²) in [5.74, 6) is 2.12. The Kier molecular flexibility index (Phi) is 2.65. The van der Waals surface area contributed by atoms with Gasteiger partial charge in [-0.1, -0.05) is 6.92 Å². The predicted octanol–water partition coefficient (Wildman–Crippen LogP) is 1.22. The van der Waals surface area contributed by atoms with Gasteiger partial charge in [0, 0.05) is 5.87 Å². The summed E-state index contributed by atoms with van der Waals surface area (Å²) in [6.45, 7) is 1.96. The number of hydrogen-bond acceptors (Lipinski definition) is 3. The van der Waals surface area contributed by atoms with Crippen molar-refractivity contribution in [3.63, 3.8) is 0 Å². The maximum Gasteiger partial charge on any atom is 0.346 e. The predicted molar refractivity (Wildman–Crippen MR) is 44.9 cm³/mol. The molecular formula is C9H9NO2. The van der Waals surface area contributed by atoms with Crippen LogP contribution in [0.25, 0.3) is 0 Å². The molecule has 0 bridgehead atoms. The largest absolute Gasteiger partial charge is 0.465 e. The van der Waals surface area contributed by atoms with Crippen molar-refractivity contribution in [2.45, 2.75) is 13.3 Å². The fourth-order valence-electron chi connectivity index (χ4n) is 0.796. The standard InChI is InChI=1S/C9H9NO2/c1-3-8-6-7(4-5-10-8)9(11)12-2/h6H,3H2,1-2H3. The number of hydrogen-bond donors (Lipinski definition) is 0. The van der Waals surface area contributed by atoms with Crippen LogP contribution in [-0.2, 0) is 9.53 Å². The fourth-order valence-corrected chi connectivity index (χ4v) is 0.796. The number of esters is 1. The highest BCUT2D eigenvalue weighted by Crippen LogP contribution is 2.09. The van der Waals surface area contributed by atoms with Crippen LogP contribution in [0.15, 0.2) is 28.1 Å². The molecule has 0 fully saturated rings. The Morgan fingerprint density at radius 1 is 1.75 bits per heavy atom. The molecule has 0 aromatic heterocycles. The van der Waals surface area contributed by atoms with Crippen molar-refractivity contribution >= 4 is 11.8 Å². The molecular weight excluding hydrogens is 154 g/mol. The molecule has 1 heterocycles. The lowest BCUT2D eigenvalue weighted by atomic mass is 10.2. The van der Waals surface area contributed by atoms with Gasteiger partial charge in [0.2, 0.25) is 0 Å². The summed E-state index contributed by atoms with van der Waals surface area (Å²) in [5.41, 5.74) is 3.78. The van der Waals surface area contributed by atoms with Crippen LogP contribution in [0, 0.1) is 0 Å². The van der Waals surface area contributed by atoms with E-state index in [4.69, 9.17) is 0 Å². The van der Waals surface area contributed by atoms with E-state index in [2.05, 4.69) is 21.3 Å². The van der Waals surface area contributed by atoms with Gasteiger partial charge in [0.1, 0.15) is 5.57 Å². The molecule has 0 saturated heterocycles. The van der Waals surface area contributed by atoms with Crippen molar-refractivity contribution in [1.29, 1.82) is 0 Å². The monoisotopic (exact) mass is 163 g/mol. The molecule has 1 rings (SSSR count). The normalized spacial score (nSPS) is 13.8. The molecule has 0 aromatic carbocycles. The van der Waals surface area contributed by atoms with Crippen LogP contribution in [0.4, 0.5) is 0 Å². The average Bonchev–Trinajstić information content (AvgIpc) is 2.17. The molecule has 0 amide bonds. The Labute approximate surface area is 70.8 Å². The summed E-state index contributed by atoms with van der Waals surface area (Å²) in [7, 11) is 1.34. The first-order valence-electron chi connectivity index (χ1n) is 3.65. The summed E-state index contributed by atoms with van der Waals surface area (Å²) >= 11 is 0. The highest BCUT2D eigenvalue weighted by Gasteiger charge is 2.08. The zero-order valence-electron chi connectivity index (χ0n) is 7.05. The minimum absolute atomic E-state index is 0.379. The third-order valence-corrected chi connectivity index (χ3v) is 1.47.